The van der Waals surface area contributed by atoms with Crippen molar-refractivity contribution in [3.63, 3.8) is 0 Å². The molecule has 0 saturated carbocycles. The van der Waals surface area contributed by atoms with E-state index in [0.717, 1.165) is 38.0 Å². The van der Waals surface area contributed by atoms with Crippen molar-refractivity contribution in [2.24, 2.45) is 0 Å². The van der Waals surface area contributed by atoms with Gasteiger partial charge in [0.1, 0.15) is 0 Å². The molecule has 0 bridgehead atoms. The Balaban J connectivity index is 2.01. The molecule has 0 spiro atoms. The van der Waals surface area contributed by atoms with Crippen LogP contribution in [0.15, 0.2) is 29.2 Å². The second-order valence-corrected chi connectivity index (χ2v) is 7.17. The molecule has 0 radical (unpaired) electrons. The fraction of sp³-hybridized carbons (Fsp3) is 0.600. The van der Waals surface area contributed by atoms with Crippen LogP contribution in [-0.2, 0) is 21.2 Å². The lowest BCUT2D eigenvalue weighted by molar-refractivity contribution is 0.0902. The summed E-state index contributed by atoms with van der Waals surface area (Å²) < 4.78 is 32.9. The first kappa shape index (κ1) is 16.4. The first-order valence-corrected chi connectivity index (χ1v) is 8.89. The predicted octanol–water partition coefficient (Wildman–Crippen LogP) is 1.29. The van der Waals surface area contributed by atoms with Crippen molar-refractivity contribution in [1.82, 2.24) is 10.0 Å². The summed E-state index contributed by atoms with van der Waals surface area (Å²) in [6, 6.07) is 6.84. The van der Waals surface area contributed by atoms with Gasteiger partial charge in [0.2, 0.25) is 10.0 Å². The van der Waals surface area contributed by atoms with Crippen LogP contribution in [0, 0.1) is 0 Å². The number of hydrogen-bond acceptors (Lipinski definition) is 4. The second-order valence-electron chi connectivity index (χ2n) is 5.46. The number of rotatable bonds is 7. The third kappa shape index (κ3) is 4.51. The maximum absolute atomic E-state index is 12.3. The average molecular weight is 312 g/mol. The fourth-order valence-electron chi connectivity index (χ4n) is 2.49. The molecule has 2 atom stereocenters. The summed E-state index contributed by atoms with van der Waals surface area (Å²) >= 11 is 0. The lowest BCUT2D eigenvalue weighted by atomic mass is 10.1. The van der Waals surface area contributed by atoms with E-state index in [0.29, 0.717) is 4.90 Å². The Morgan fingerprint density at radius 1 is 1.33 bits per heavy atom. The predicted molar refractivity (Wildman–Crippen MR) is 82.8 cm³/mol. The first-order valence-electron chi connectivity index (χ1n) is 7.40. The number of benzene rings is 1. The molecular weight excluding hydrogens is 288 g/mol. The van der Waals surface area contributed by atoms with E-state index in [1.165, 1.54) is 0 Å². The number of likely N-dealkylation sites (N-methyl/N-ethyl adjacent to an activating group) is 1. The van der Waals surface area contributed by atoms with Gasteiger partial charge < -0.3 is 10.1 Å². The topological polar surface area (TPSA) is 67.4 Å². The molecule has 1 saturated heterocycles. The van der Waals surface area contributed by atoms with Crippen LogP contribution in [0.4, 0.5) is 0 Å². The molecule has 118 valence electrons. The van der Waals surface area contributed by atoms with Gasteiger partial charge in [0.05, 0.1) is 11.0 Å². The van der Waals surface area contributed by atoms with Crippen LogP contribution in [0.25, 0.3) is 0 Å². The highest BCUT2D eigenvalue weighted by Crippen LogP contribution is 2.18. The summed E-state index contributed by atoms with van der Waals surface area (Å²) in [5.41, 5.74) is 1.12. The zero-order valence-corrected chi connectivity index (χ0v) is 13.4. The van der Waals surface area contributed by atoms with Crippen molar-refractivity contribution in [2.45, 2.75) is 43.2 Å². The molecule has 2 rings (SSSR count). The smallest absolute Gasteiger partial charge is 0.240 e. The summed E-state index contributed by atoms with van der Waals surface area (Å²) in [6.07, 6.45) is 2.77. The Morgan fingerprint density at radius 3 is 2.62 bits per heavy atom. The standard InChI is InChI=1S/C15H24N2O3S/c1-12(15-4-3-11-20-15)17-21(18,19)14-7-5-13(6-8-14)9-10-16-2/h5-8,12,15-17H,3-4,9-11H2,1-2H3. The largest absolute Gasteiger partial charge is 0.377 e. The van der Waals surface area contributed by atoms with E-state index >= 15 is 0 Å². The van der Waals surface area contributed by atoms with E-state index in [-0.39, 0.29) is 12.1 Å². The van der Waals surface area contributed by atoms with Crippen LogP contribution in [0.3, 0.4) is 0 Å². The van der Waals surface area contributed by atoms with Crippen molar-refractivity contribution in [3.8, 4) is 0 Å². The Bertz CT molecular complexity index is 537. The molecule has 1 fully saturated rings. The highest BCUT2D eigenvalue weighted by atomic mass is 32.2. The van der Waals surface area contributed by atoms with Gasteiger partial charge in [-0.2, -0.15) is 0 Å². The second kappa shape index (κ2) is 7.35. The minimum absolute atomic E-state index is 0.0188. The summed E-state index contributed by atoms with van der Waals surface area (Å²) in [6.45, 7) is 3.45. The van der Waals surface area contributed by atoms with E-state index in [9.17, 15) is 8.42 Å². The highest BCUT2D eigenvalue weighted by Gasteiger charge is 2.26. The molecule has 0 amide bonds. The maximum Gasteiger partial charge on any atom is 0.240 e. The van der Waals surface area contributed by atoms with Crippen molar-refractivity contribution in [2.75, 3.05) is 20.2 Å². The Hall–Kier alpha value is -0.950. The van der Waals surface area contributed by atoms with E-state index in [1.54, 1.807) is 12.1 Å². The summed E-state index contributed by atoms with van der Waals surface area (Å²) in [5, 5.41) is 3.07. The summed E-state index contributed by atoms with van der Waals surface area (Å²) in [4.78, 5) is 0.306. The van der Waals surface area contributed by atoms with E-state index in [4.69, 9.17) is 4.74 Å². The zero-order chi connectivity index (χ0) is 15.3. The molecule has 6 heteroatoms. The third-order valence-electron chi connectivity index (χ3n) is 3.76. The van der Waals surface area contributed by atoms with Gasteiger partial charge in [0.25, 0.3) is 0 Å². The van der Waals surface area contributed by atoms with Gasteiger partial charge in [-0.05, 0) is 57.5 Å². The third-order valence-corrected chi connectivity index (χ3v) is 5.34. The normalized spacial score (nSPS) is 20.6. The maximum atomic E-state index is 12.3. The van der Waals surface area contributed by atoms with Crippen molar-refractivity contribution < 1.29 is 13.2 Å². The molecule has 5 nitrogen and oxygen atoms in total. The molecule has 1 aromatic rings. The van der Waals surface area contributed by atoms with Crippen LogP contribution in [0.1, 0.15) is 25.3 Å². The molecule has 0 aliphatic carbocycles. The van der Waals surface area contributed by atoms with Crippen LogP contribution >= 0.6 is 0 Å². The minimum atomic E-state index is -3.48. The molecule has 21 heavy (non-hydrogen) atoms. The first-order chi connectivity index (χ1) is 10.0. The van der Waals surface area contributed by atoms with Gasteiger partial charge in [0.15, 0.2) is 0 Å². The number of nitrogens with one attached hydrogen (secondary N) is 2. The van der Waals surface area contributed by atoms with Gasteiger partial charge in [-0.3, -0.25) is 0 Å². The molecule has 1 aliphatic rings. The summed E-state index contributed by atoms with van der Waals surface area (Å²) in [7, 11) is -1.58. The van der Waals surface area contributed by atoms with Crippen LogP contribution in [0.5, 0.6) is 0 Å². The van der Waals surface area contributed by atoms with Crippen molar-refractivity contribution in [1.29, 1.82) is 0 Å². The number of hydrogen-bond donors (Lipinski definition) is 2. The molecule has 1 aromatic carbocycles. The van der Waals surface area contributed by atoms with E-state index in [2.05, 4.69) is 10.0 Å². The molecule has 2 N–H and O–H groups in total. The minimum Gasteiger partial charge on any atom is -0.377 e. The Labute approximate surface area is 127 Å². The van der Waals surface area contributed by atoms with Crippen molar-refractivity contribution >= 4 is 10.0 Å². The Kier molecular flexibility index (Phi) is 5.75. The molecule has 2 unspecified atom stereocenters. The molecular formula is C15H24N2O3S. The van der Waals surface area contributed by atoms with Crippen LogP contribution < -0.4 is 10.0 Å². The van der Waals surface area contributed by atoms with Crippen LogP contribution in [-0.4, -0.2) is 40.8 Å². The SMILES string of the molecule is CNCCc1ccc(S(=O)(=O)NC(C)C2CCCO2)cc1. The molecule has 1 aliphatic heterocycles. The van der Waals surface area contributed by atoms with Gasteiger partial charge in [-0.25, -0.2) is 13.1 Å². The quantitative estimate of drug-likeness (QED) is 0.796. The average Bonchev–Trinajstić information content (AvgIpc) is 2.99. The Morgan fingerprint density at radius 2 is 2.05 bits per heavy atom. The van der Waals surface area contributed by atoms with Crippen LogP contribution in [0.2, 0.25) is 0 Å². The van der Waals surface area contributed by atoms with Gasteiger partial charge >= 0.3 is 0 Å². The van der Waals surface area contributed by atoms with Gasteiger partial charge in [-0.1, -0.05) is 12.1 Å². The highest BCUT2D eigenvalue weighted by molar-refractivity contribution is 7.89. The van der Waals surface area contributed by atoms with Gasteiger partial charge in [0, 0.05) is 12.6 Å². The monoisotopic (exact) mass is 312 g/mol. The van der Waals surface area contributed by atoms with E-state index < -0.39 is 10.0 Å². The molecule has 0 aromatic heterocycles. The van der Waals surface area contributed by atoms with Gasteiger partial charge in [-0.15, -0.1) is 0 Å². The van der Waals surface area contributed by atoms with E-state index in [1.807, 2.05) is 26.1 Å². The zero-order valence-electron chi connectivity index (χ0n) is 12.6. The summed E-state index contributed by atoms with van der Waals surface area (Å²) in [5.74, 6) is 0. The fourth-order valence-corrected chi connectivity index (χ4v) is 3.76. The number of ether oxygens (including phenoxy) is 1. The number of sulfonamides is 1. The molecule has 1 heterocycles. The lowest BCUT2D eigenvalue weighted by Crippen LogP contribution is -2.40. The lowest BCUT2D eigenvalue weighted by Gasteiger charge is -2.20. The van der Waals surface area contributed by atoms with Crippen molar-refractivity contribution in [3.05, 3.63) is 29.8 Å².